The molecule has 3 saturated heterocycles. The molecule has 3 rings (SSSR count). The van der Waals surface area contributed by atoms with Crippen LogP contribution in [0.25, 0.3) is 0 Å². The van der Waals surface area contributed by atoms with E-state index in [0.717, 1.165) is 19.3 Å². The molecule has 0 spiro atoms. The largest absolute Gasteiger partial charge is 0.466 e. The molecule has 43 heavy (non-hydrogen) atoms. The number of ether oxygens (including phenoxy) is 4. The molecule has 0 aromatic carbocycles. The van der Waals surface area contributed by atoms with Crippen LogP contribution in [0.3, 0.4) is 0 Å². The maximum absolute atomic E-state index is 12.6. The number of piperidine rings is 1. The molecule has 14 heteroatoms. The van der Waals surface area contributed by atoms with Gasteiger partial charge in [0.15, 0.2) is 0 Å². The van der Waals surface area contributed by atoms with Crippen molar-refractivity contribution in [2.45, 2.75) is 78.0 Å². The number of hydrogen-bond acceptors (Lipinski definition) is 11. The Balaban J connectivity index is 1.36. The summed E-state index contributed by atoms with van der Waals surface area (Å²) in [5.41, 5.74) is -0.622. The molecule has 0 aromatic heterocycles. The Bertz CT molecular complexity index is 973. The minimum absolute atomic E-state index is 0.0353. The highest BCUT2D eigenvalue weighted by molar-refractivity contribution is 5.92. The van der Waals surface area contributed by atoms with E-state index < -0.39 is 29.7 Å². The number of nitrogens with one attached hydrogen (secondary N) is 2. The van der Waals surface area contributed by atoms with E-state index in [-0.39, 0.29) is 37.8 Å². The van der Waals surface area contributed by atoms with Crippen LogP contribution in [-0.2, 0) is 28.5 Å². The number of hydrogen-bond donors (Lipinski definition) is 2. The quantitative estimate of drug-likeness (QED) is 0.153. The number of nitrogens with zero attached hydrogens (tertiary/aromatic N) is 4. The molecule has 244 valence electrons. The number of rotatable bonds is 11. The number of esters is 2. The molecule has 0 saturated carbocycles. The molecule has 0 aliphatic carbocycles. The van der Waals surface area contributed by atoms with E-state index in [1.165, 1.54) is 0 Å². The van der Waals surface area contributed by atoms with Gasteiger partial charge in [-0.1, -0.05) is 0 Å². The second kappa shape index (κ2) is 16.1. The molecule has 2 N–H and O–H groups in total. The fourth-order valence-electron chi connectivity index (χ4n) is 5.64. The zero-order valence-corrected chi connectivity index (χ0v) is 26.4. The Morgan fingerprint density at radius 1 is 1.02 bits per heavy atom. The second-order valence-corrected chi connectivity index (χ2v) is 12.3. The first kappa shape index (κ1) is 34.4. The van der Waals surface area contributed by atoms with E-state index in [2.05, 4.69) is 10.2 Å². The number of cyclic esters (lactones) is 1. The summed E-state index contributed by atoms with van der Waals surface area (Å²) in [5.74, 6) is -0.352. The van der Waals surface area contributed by atoms with Crippen molar-refractivity contribution in [1.82, 2.24) is 24.9 Å². The van der Waals surface area contributed by atoms with Crippen molar-refractivity contribution < 1.29 is 38.1 Å². The fraction of sp³-hybridized carbons (Fsp3) is 0.828. The summed E-state index contributed by atoms with van der Waals surface area (Å²) >= 11 is 0. The number of likely N-dealkylation sites (tertiary alicyclic amines) is 1. The molecule has 2 unspecified atom stereocenters. The highest BCUT2D eigenvalue weighted by Gasteiger charge is 2.36. The van der Waals surface area contributed by atoms with Crippen molar-refractivity contribution >= 4 is 30.1 Å². The zero-order chi connectivity index (χ0) is 31.6. The minimum Gasteiger partial charge on any atom is -0.466 e. The Kier molecular flexibility index (Phi) is 12.9. The highest BCUT2D eigenvalue weighted by Crippen LogP contribution is 2.23. The molecule has 14 nitrogen and oxygen atoms in total. The van der Waals surface area contributed by atoms with Crippen LogP contribution in [0.15, 0.2) is 0 Å². The van der Waals surface area contributed by atoms with Crippen LogP contribution in [0, 0.1) is 11.3 Å². The molecule has 0 bridgehead atoms. The topological polar surface area (TPSA) is 154 Å². The number of carbonyl (C=O) groups is 4. The maximum Gasteiger partial charge on any atom is 0.414 e. The number of guanidine groups is 1. The predicted octanol–water partition coefficient (Wildman–Crippen LogP) is 1.87. The van der Waals surface area contributed by atoms with Gasteiger partial charge in [-0.2, -0.15) is 0 Å². The van der Waals surface area contributed by atoms with Gasteiger partial charge in [0, 0.05) is 52.4 Å². The van der Waals surface area contributed by atoms with Gasteiger partial charge in [0.05, 0.1) is 26.2 Å². The molecule has 3 aliphatic rings. The number of carbonyl (C=O) groups excluding carboxylic acids is 4. The van der Waals surface area contributed by atoms with E-state index in [9.17, 15) is 19.2 Å². The average Bonchev–Trinajstić information content (AvgIpc) is 3.29. The van der Waals surface area contributed by atoms with Gasteiger partial charge >= 0.3 is 24.1 Å². The van der Waals surface area contributed by atoms with E-state index in [1.54, 1.807) is 39.5 Å². The van der Waals surface area contributed by atoms with E-state index in [1.807, 2.05) is 9.80 Å². The number of alkyl carbamates (subject to hydrolysis) is 1. The summed E-state index contributed by atoms with van der Waals surface area (Å²) in [5, 5.41) is 10.7. The lowest BCUT2D eigenvalue weighted by molar-refractivity contribution is -0.157. The first-order valence-corrected chi connectivity index (χ1v) is 15.5. The van der Waals surface area contributed by atoms with E-state index in [4.69, 9.17) is 24.4 Å². The summed E-state index contributed by atoms with van der Waals surface area (Å²) in [4.78, 5) is 57.0. The normalized spacial score (nSPS) is 21.2. The van der Waals surface area contributed by atoms with Crippen molar-refractivity contribution in [1.29, 1.82) is 5.41 Å². The maximum atomic E-state index is 12.6. The molecule has 2 amide bonds. The van der Waals surface area contributed by atoms with Gasteiger partial charge in [0.2, 0.25) is 5.96 Å². The minimum atomic E-state index is -0.667. The molecule has 3 fully saturated rings. The molecular formula is C29H50N6O8. The third-order valence-corrected chi connectivity index (χ3v) is 7.84. The van der Waals surface area contributed by atoms with Gasteiger partial charge in [0.1, 0.15) is 17.7 Å². The average molecular weight is 611 g/mol. The summed E-state index contributed by atoms with van der Waals surface area (Å²) in [6, 6.07) is -0.667. The van der Waals surface area contributed by atoms with Crippen LogP contribution in [-0.4, -0.2) is 140 Å². The summed E-state index contributed by atoms with van der Waals surface area (Å²) in [6.07, 6.45) is 1.43. The Morgan fingerprint density at radius 2 is 1.67 bits per heavy atom. The Morgan fingerprint density at radius 3 is 2.28 bits per heavy atom. The third-order valence-electron chi connectivity index (χ3n) is 7.84. The standard InChI is InChI=1S/C29H50N6O8/c1-6-40-24(36)18-23(25(37)41-7-2)33-16-14-32(15-17-33)19-22-20-35(28(39)42-22)13-10-21-8-11-34(12-9-21)26(30)31-27(38)43-29(3,4)5/h21-23H,6-20H2,1-5H3,(H2,30,31,38). The van der Waals surface area contributed by atoms with Gasteiger partial charge in [-0.25, -0.2) is 9.59 Å². The van der Waals surface area contributed by atoms with Crippen LogP contribution in [0.1, 0.15) is 60.3 Å². The number of piperazine rings is 1. The highest BCUT2D eigenvalue weighted by atomic mass is 16.6. The first-order valence-electron chi connectivity index (χ1n) is 15.5. The first-order chi connectivity index (χ1) is 20.4. The predicted molar refractivity (Wildman–Crippen MR) is 158 cm³/mol. The Hall–Kier alpha value is -3.13. The summed E-state index contributed by atoms with van der Waals surface area (Å²) in [6.45, 7) is 15.0. The van der Waals surface area contributed by atoms with Crippen LogP contribution < -0.4 is 5.32 Å². The molecule has 0 radical (unpaired) electrons. The molecule has 3 heterocycles. The monoisotopic (exact) mass is 610 g/mol. The van der Waals surface area contributed by atoms with Crippen molar-refractivity contribution in [2.24, 2.45) is 5.92 Å². The molecular weight excluding hydrogens is 560 g/mol. The van der Waals surface area contributed by atoms with Gasteiger partial charge in [-0.05, 0) is 59.8 Å². The zero-order valence-electron chi connectivity index (χ0n) is 26.4. The van der Waals surface area contributed by atoms with E-state index in [0.29, 0.717) is 64.8 Å². The molecule has 0 aromatic rings. The Labute approximate surface area is 254 Å². The van der Waals surface area contributed by atoms with Gasteiger partial charge in [-0.3, -0.25) is 30.1 Å². The fourth-order valence-corrected chi connectivity index (χ4v) is 5.64. The number of amides is 2. The SMILES string of the molecule is CCOC(=O)CC(C(=O)OCC)N1CCN(CC2CN(CCC3CCN(C(=N)NC(=O)OC(C)(C)C)CC3)C(=O)O2)CC1. The van der Waals surface area contributed by atoms with Gasteiger partial charge < -0.3 is 28.7 Å². The van der Waals surface area contributed by atoms with Crippen LogP contribution in [0.2, 0.25) is 0 Å². The van der Waals surface area contributed by atoms with Gasteiger partial charge in [0.25, 0.3) is 0 Å². The lowest BCUT2D eigenvalue weighted by atomic mass is 9.93. The van der Waals surface area contributed by atoms with Gasteiger partial charge in [-0.15, -0.1) is 0 Å². The lowest BCUT2D eigenvalue weighted by Gasteiger charge is -2.38. The van der Waals surface area contributed by atoms with Crippen LogP contribution in [0.4, 0.5) is 9.59 Å². The third kappa shape index (κ3) is 11.1. The van der Waals surface area contributed by atoms with Crippen molar-refractivity contribution in [3.8, 4) is 0 Å². The lowest BCUT2D eigenvalue weighted by Crippen LogP contribution is -2.54. The summed E-state index contributed by atoms with van der Waals surface area (Å²) in [7, 11) is 0. The van der Waals surface area contributed by atoms with Crippen molar-refractivity contribution in [2.75, 3.05) is 72.1 Å². The van der Waals surface area contributed by atoms with E-state index >= 15 is 0 Å². The van der Waals surface area contributed by atoms with Crippen molar-refractivity contribution in [3.63, 3.8) is 0 Å². The molecule has 3 aliphatic heterocycles. The van der Waals surface area contributed by atoms with Crippen LogP contribution in [0.5, 0.6) is 0 Å². The molecule has 2 atom stereocenters. The van der Waals surface area contributed by atoms with Crippen molar-refractivity contribution in [3.05, 3.63) is 0 Å². The van der Waals surface area contributed by atoms with Crippen LogP contribution >= 0.6 is 0 Å². The smallest absolute Gasteiger partial charge is 0.414 e. The summed E-state index contributed by atoms with van der Waals surface area (Å²) < 4.78 is 21.2. The second-order valence-electron chi connectivity index (χ2n) is 12.3.